The molecular formula is C14H12N4O3. The zero-order valence-corrected chi connectivity index (χ0v) is 11.4. The fraction of sp³-hybridized carbons (Fsp3) is 0.143. The predicted molar refractivity (Wildman–Crippen MR) is 75.3 cm³/mol. The molecule has 2 aromatic heterocycles. The van der Waals surface area contributed by atoms with Gasteiger partial charge in [-0.05, 0) is 18.2 Å². The van der Waals surface area contributed by atoms with E-state index in [0.717, 1.165) is 10.9 Å². The predicted octanol–water partition coefficient (Wildman–Crippen LogP) is 1.74. The molecule has 0 saturated heterocycles. The van der Waals surface area contributed by atoms with Crippen LogP contribution in [-0.2, 0) is 7.05 Å². The van der Waals surface area contributed by atoms with Crippen LogP contribution < -0.4 is 4.74 Å². The summed E-state index contributed by atoms with van der Waals surface area (Å²) in [6.07, 6.45) is 1.67. The Hall–Kier alpha value is -2.96. The monoisotopic (exact) mass is 284 g/mol. The molecule has 2 heterocycles. The first-order chi connectivity index (χ1) is 10.1. The van der Waals surface area contributed by atoms with E-state index >= 15 is 0 Å². The number of carboxylic acid groups (broad SMARTS) is 1. The third kappa shape index (κ3) is 2.08. The number of aromatic nitrogens is 4. The summed E-state index contributed by atoms with van der Waals surface area (Å²) >= 11 is 0. The van der Waals surface area contributed by atoms with Crippen LogP contribution in [0.25, 0.3) is 22.3 Å². The maximum absolute atomic E-state index is 11.0. The fourth-order valence-electron chi connectivity index (χ4n) is 2.22. The van der Waals surface area contributed by atoms with Gasteiger partial charge < -0.3 is 9.84 Å². The third-order valence-electron chi connectivity index (χ3n) is 3.15. The molecule has 0 radical (unpaired) electrons. The summed E-state index contributed by atoms with van der Waals surface area (Å²) in [4.78, 5) is 19.4. The average molecular weight is 284 g/mol. The number of hydrogen-bond donors (Lipinski definition) is 1. The molecule has 0 aliphatic heterocycles. The van der Waals surface area contributed by atoms with E-state index in [0.29, 0.717) is 17.1 Å². The van der Waals surface area contributed by atoms with Crippen molar-refractivity contribution in [2.75, 3.05) is 7.11 Å². The molecule has 0 spiro atoms. The number of carbonyl (C=O) groups is 1. The van der Waals surface area contributed by atoms with Crippen LogP contribution >= 0.6 is 0 Å². The van der Waals surface area contributed by atoms with Gasteiger partial charge in [-0.3, -0.25) is 4.98 Å². The summed E-state index contributed by atoms with van der Waals surface area (Å²) in [5.41, 5.74) is 1.44. The molecule has 0 unspecified atom stereocenters. The maximum atomic E-state index is 11.0. The van der Waals surface area contributed by atoms with Crippen LogP contribution in [0.1, 0.15) is 10.6 Å². The smallest absolute Gasteiger partial charge is 0.375 e. The van der Waals surface area contributed by atoms with E-state index in [2.05, 4.69) is 15.1 Å². The van der Waals surface area contributed by atoms with Crippen LogP contribution in [0.4, 0.5) is 0 Å². The summed E-state index contributed by atoms with van der Waals surface area (Å²) in [6, 6.07) is 7.29. The van der Waals surface area contributed by atoms with E-state index in [1.807, 2.05) is 12.1 Å². The third-order valence-corrected chi connectivity index (χ3v) is 3.15. The van der Waals surface area contributed by atoms with Crippen molar-refractivity contribution in [1.29, 1.82) is 0 Å². The van der Waals surface area contributed by atoms with Gasteiger partial charge in [-0.2, -0.15) is 0 Å². The topological polar surface area (TPSA) is 90.1 Å². The molecule has 3 rings (SSSR count). The summed E-state index contributed by atoms with van der Waals surface area (Å²) < 4.78 is 6.73. The van der Waals surface area contributed by atoms with Crippen molar-refractivity contribution in [3.8, 4) is 17.1 Å². The number of aryl methyl sites for hydroxylation is 1. The molecule has 7 nitrogen and oxygen atoms in total. The van der Waals surface area contributed by atoms with Gasteiger partial charge in [0.05, 0.1) is 7.11 Å². The highest BCUT2D eigenvalue weighted by Crippen LogP contribution is 2.31. The zero-order chi connectivity index (χ0) is 15.0. The molecule has 1 N–H and O–H groups in total. The summed E-state index contributed by atoms with van der Waals surface area (Å²) in [6.45, 7) is 0. The minimum atomic E-state index is -1.16. The number of aromatic carboxylic acids is 1. The van der Waals surface area contributed by atoms with Crippen molar-refractivity contribution in [2.24, 2.45) is 7.05 Å². The largest absolute Gasteiger partial charge is 0.494 e. The Morgan fingerprint density at radius 3 is 2.81 bits per heavy atom. The molecule has 106 valence electrons. The van der Waals surface area contributed by atoms with Gasteiger partial charge in [0.15, 0.2) is 5.82 Å². The number of benzene rings is 1. The summed E-state index contributed by atoms with van der Waals surface area (Å²) in [5, 5.41) is 13.7. The van der Waals surface area contributed by atoms with Crippen LogP contribution in [0.3, 0.4) is 0 Å². The van der Waals surface area contributed by atoms with Gasteiger partial charge in [0.2, 0.25) is 0 Å². The lowest BCUT2D eigenvalue weighted by molar-refractivity contribution is 0.0683. The molecule has 21 heavy (non-hydrogen) atoms. The number of rotatable bonds is 3. The van der Waals surface area contributed by atoms with Crippen LogP contribution in [0.15, 0.2) is 30.5 Å². The quantitative estimate of drug-likeness (QED) is 0.787. The first kappa shape index (κ1) is 13.0. The number of ether oxygens (including phenoxy) is 1. The fourth-order valence-corrected chi connectivity index (χ4v) is 2.22. The Morgan fingerprint density at radius 1 is 1.33 bits per heavy atom. The SMILES string of the molecule is COc1ccc(-c2nc(C(=O)O)nn2C)c2cccnc12. The highest BCUT2D eigenvalue weighted by molar-refractivity contribution is 5.96. The maximum Gasteiger partial charge on any atom is 0.375 e. The molecule has 3 aromatic rings. The summed E-state index contributed by atoms with van der Waals surface area (Å²) in [5.74, 6) is -0.281. The Kier molecular flexibility index (Phi) is 3.02. The molecule has 0 aliphatic rings. The van der Waals surface area contributed by atoms with Crippen molar-refractivity contribution in [1.82, 2.24) is 19.7 Å². The van der Waals surface area contributed by atoms with Crippen molar-refractivity contribution in [2.45, 2.75) is 0 Å². The highest BCUT2D eigenvalue weighted by atomic mass is 16.5. The summed E-state index contributed by atoms with van der Waals surface area (Å²) in [7, 11) is 3.23. The van der Waals surface area contributed by atoms with Crippen molar-refractivity contribution >= 4 is 16.9 Å². The number of pyridine rings is 1. The first-order valence-corrected chi connectivity index (χ1v) is 6.18. The molecule has 0 atom stereocenters. The van der Waals surface area contributed by atoms with Gasteiger partial charge in [-0.25, -0.2) is 14.5 Å². The number of fused-ring (bicyclic) bond motifs is 1. The van der Waals surface area contributed by atoms with E-state index in [1.54, 1.807) is 32.5 Å². The van der Waals surface area contributed by atoms with Gasteiger partial charge >= 0.3 is 5.97 Å². The van der Waals surface area contributed by atoms with Gasteiger partial charge in [-0.1, -0.05) is 6.07 Å². The average Bonchev–Trinajstić information content (AvgIpc) is 2.88. The molecule has 0 saturated carbocycles. The number of methoxy groups -OCH3 is 1. The minimum Gasteiger partial charge on any atom is -0.494 e. The highest BCUT2D eigenvalue weighted by Gasteiger charge is 2.17. The lowest BCUT2D eigenvalue weighted by Crippen LogP contribution is -2.00. The van der Waals surface area contributed by atoms with Crippen molar-refractivity contribution < 1.29 is 14.6 Å². The Morgan fingerprint density at radius 2 is 2.14 bits per heavy atom. The molecular weight excluding hydrogens is 272 g/mol. The molecule has 0 bridgehead atoms. The Balaban J connectivity index is 2.28. The standard InChI is InChI=1S/C14H12N4O3/c1-18-13(16-12(17-18)14(19)20)9-5-6-10(21-2)11-8(9)4-3-7-15-11/h3-7H,1-2H3,(H,19,20). The second-order valence-electron chi connectivity index (χ2n) is 4.40. The Bertz CT molecular complexity index is 841. The second kappa shape index (κ2) is 4.86. The molecule has 1 aromatic carbocycles. The van der Waals surface area contributed by atoms with E-state index in [1.165, 1.54) is 4.68 Å². The van der Waals surface area contributed by atoms with E-state index < -0.39 is 5.97 Å². The van der Waals surface area contributed by atoms with Gasteiger partial charge in [0.25, 0.3) is 5.82 Å². The molecule has 0 fully saturated rings. The van der Waals surface area contributed by atoms with E-state index in [9.17, 15) is 4.79 Å². The lowest BCUT2D eigenvalue weighted by atomic mass is 10.1. The van der Waals surface area contributed by atoms with Crippen LogP contribution in [0, 0.1) is 0 Å². The minimum absolute atomic E-state index is 0.236. The molecule has 7 heteroatoms. The zero-order valence-electron chi connectivity index (χ0n) is 11.4. The number of nitrogens with zero attached hydrogens (tertiary/aromatic N) is 4. The second-order valence-corrected chi connectivity index (χ2v) is 4.40. The van der Waals surface area contributed by atoms with E-state index in [-0.39, 0.29) is 5.82 Å². The van der Waals surface area contributed by atoms with Crippen LogP contribution in [0.2, 0.25) is 0 Å². The number of hydrogen-bond acceptors (Lipinski definition) is 5. The van der Waals surface area contributed by atoms with Crippen molar-refractivity contribution in [3.63, 3.8) is 0 Å². The normalized spacial score (nSPS) is 10.8. The molecule has 0 aliphatic carbocycles. The van der Waals surface area contributed by atoms with Gasteiger partial charge in [0, 0.05) is 24.2 Å². The first-order valence-electron chi connectivity index (χ1n) is 6.18. The van der Waals surface area contributed by atoms with Crippen LogP contribution in [-0.4, -0.2) is 37.9 Å². The van der Waals surface area contributed by atoms with Gasteiger partial charge in [-0.15, -0.1) is 5.10 Å². The molecule has 0 amide bonds. The van der Waals surface area contributed by atoms with Gasteiger partial charge in [0.1, 0.15) is 11.3 Å². The van der Waals surface area contributed by atoms with E-state index in [4.69, 9.17) is 9.84 Å². The van der Waals surface area contributed by atoms with Crippen LogP contribution in [0.5, 0.6) is 5.75 Å². The Labute approximate surface area is 119 Å². The van der Waals surface area contributed by atoms with Crippen molar-refractivity contribution in [3.05, 3.63) is 36.3 Å². The number of carboxylic acids is 1. The lowest BCUT2D eigenvalue weighted by Gasteiger charge is -2.08.